The molecule has 0 aliphatic rings. The van der Waals surface area contributed by atoms with Gasteiger partial charge in [0.15, 0.2) is 5.69 Å². The lowest BCUT2D eigenvalue weighted by atomic mass is 10.3. The van der Waals surface area contributed by atoms with Crippen LogP contribution in [-0.4, -0.2) is 36.9 Å². The van der Waals surface area contributed by atoms with Crippen LogP contribution < -0.4 is 5.32 Å². The molecule has 0 spiro atoms. The van der Waals surface area contributed by atoms with Crippen LogP contribution in [0.5, 0.6) is 0 Å². The molecule has 0 aromatic carbocycles. The SMILES string of the molecule is Cc1cc(C(F)(F)F)nn1CCCNC(=O)Cn1ccc([N+](=O)[O-])n1. The maximum absolute atomic E-state index is 12.6. The van der Waals surface area contributed by atoms with Crippen LogP contribution in [0.15, 0.2) is 18.3 Å². The van der Waals surface area contributed by atoms with E-state index in [1.165, 1.54) is 23.9 Å². The van der Waals surface area contributed by atoms with E-state index in [1.807, 2.05) is 0 Å². The summed E-state index contributed by atoms with van der Waals surface area (Å²) in [5.41, 5.74) is -0.572. The predicted octanol–water partition coefficient (Wildman–Crippen LogP) is 1.52. The summed E-state index contributed by atoms with van der Waals surface area (Å²) in [7, 11) is 0. The van der Waals surface area contributed by atoms with Crippen molar-refractivity contribution < 1.29 is 22.9 Å². The maximum atomic E-state index is 12.6. The standard InChI is InChI=1S/C13H15F3N6O3/c1-9-7-10(13(14,15)16)18-21(9)5-2-4-17-12(23)8-20-6-3-11(19-20)22(24)25/h3,6-7H,2,4-5,8H2,1H3,(H,17,23). The molecule has 0 unspecified atom stereocenters. The highest BCUT2D eigenvalue weighted by molar-refractivity contribution is 5.75. The molecule has 1 N–H and O–H groups in total. The van der Waals surface area contributed by atoms with Crippen molar-refractivity contribution in [1.29, 1.82) is 0 Å². The summed E-state index contributed by atoms with van der Waals surface area (Å²) in [5, 5.41) is 20.1. The van der Waals surface area contributed by atoms with Crippen molar-refractivity contribution in [3.05, 3.63) is 39.8 Å². The topological polar surface area (TPSA) is 108 Å². The summed E-state index contributed by atoms with van der Waals surface area (Å²) in [6.07, 6.45) is -2.80. The van der Waals surface area contributed by atoms with Crippen molar-refractivity contribution in [3.8, 4) is 0 Å². The van der Waals surface area contributed by atoms with Gasteiger partial charge >= 0.3 is 12.0 Å². The summed E-state index contributed by atoms with van der Waals surface area (Å²) in [5.74, 6) is -0.770. The molecule has 0 fully saturated rings. The molecule has 2 heterocycles. The van der Waals surface area contributed by atoms with Crippen LogP contribution in [-0.2, 0) is 24.1 Å². The van der Waals surface area contributed by atoms with E-state index in [1.54, 1.807) is 0 Å². The van der Waals surface area contributed by atoms with Crippen molar-refractivity contribution in [2.75, 3.05) is 6.54 Å². The first kappa shape index (κ1) is 18.4. The molecule has 0 aliphatic heterocycles. The Morgan fingerprint density at radius 1 is 1.40 bits per heavy atom. The number of rotatable bonds is 7. The average Bonchev–Trinajstić information content (AvgIpc) is 3.10. The van der Waals surface area contributed by atoms with Gasteiger partial charge in [-0.25, -0.2) is 0 Å². The number of aryl methyl sites for hydroxylation is 2. The van der Waals surface area contributed by atoms with Gasteiger partial charge < -0.3 is 15.4 Å². The minimum atomic E-state index is -4.49. The summed E-state index contributed by atoms with van der Waals surface area (Å²) in [6.45, 7) is 1.77. The van der Waals surface area contributed by atoms with Gasteiger partial charge in [0, 0.05) is 18.8 Å². The molecule has 25 heavy (non-hydrogen) atoms. The third kappa shape index (κ3) is 5.02. The van der Waals surface area contributed by atoms with Crippen molar-refractivity contribution in [2.24, 2.45) is 0 Å². The van der Waals surface area contributed by atoms with E-state index >= 15 is 0 Å². The second kappa shape index (κ2) is 7.32. The van der Waals surface area contributed by atoms with Gasteiger partial charge in [0.05, 0.1) is 17.4 Å². The molecule has 12 heteroatoms. The first-order chi connectivity index (χ1) is 11.7. The van der Waals surface area contributed by atoms with Crippen molar-refractivity contribution >= 4 is 11.7 Å². The normalized spacial score (nSPS) is 11.5. The largest absolute Gasteiger partial charge is 0.435 e. The third-order valence-electron chi connectivity index (χ3n) is 3.26. The number of nitrogens with one attached hydrogen (secondary N) is 1. The lowest BCUT2D eigenvalue weighted by Gasteiger charge is -2.06. The predicted molar refractivity (Wildman–Crippen MR) is 78.5 cm³/mol. The molecule has 0 bridgehead atoms. The van der Waals surface area contributed by atoms with Crippen LogP contribution in [0.1, 0.15) is 17.8 Å². The average molecular weight is 360 g/mol. The molecule has 1 amide bonds. The Morgan fingerprint density at radius 3 is 2.68 bits per heavy atom. The summed E-state index contributed by atoms with van der Waals surface area (Å²) < 4.78 is 40.0. The zero-order chi connectivity index (χ0) is 18.6. The Bertz CT molecular complexity index is 767. The van der Waals surface area contributed by atoms with Gasteiger partial charge in [-0.05, 0) is 24.3 Å². The summed E-state index contributed by atoms with van der Waals surface area (Å²) >= 11 is 0. The number of alkyl halides is 3. The first-order valence-corrected chi connectivity index (χ1v) is 7.23. The summed E-state index contributed by atoms with van der Waals surface area (Å²) in [4.78, 5) is 21.5. The second-order valence-corrected chi connectivity index (χ2v) is 5.22. The number of hydrogen-bond donors (Lipinski definition) is 1. The Labute approximate surface area is 139 Å². The van der Waals surface area contributed by atoms with E-state index in [0.29, 0.717) is 12.1 Å². The number of nitro groups is 1. The molecule has 2 aromatic rings. The molecule has 0 saturated heterocycles. The number of amides is 1. The molecule has 2 rings (SSSR count). The highest BCUT2D eigenvalue weighted by atomic mass is 19.4. The number of hydrogen-bond acceptors (Lipinski definition) is 5. The van der Waals surface area contributed by atoms with E-state index in [4.69, 9.17) is 0 Å². The second-order valence-electron chi connectivity index (χ2n) is 5.22. The zero-order valence-corrected chi connectivity index (χ0v) is 13.2. The highest BCUT2D eigenvalue weighted by Crippen LogP contribution is 2.28. The van der Waals surface area contributed by atoms with Gasteiger partial charge in [-0.15, -0.1) is 0 Å². The van der Waals surface area contributed by atoms with Crippen molar-refractivity contribution in [3.63, 3.8) is 0 Å². The maximum Gasteiger partial charge on any atom is 0.435 e. The molecule has 0 atom stereocenters. The smallest absolute Gasteiger partial charge is 0.358 e. The Hall–Kier alpha value is -2.92. The Morgan fingerprint density at radius 2 is 2.12 bits per heavy atom. The molecule has 0 radical (unpaired) electrons. The monoisotopic (exact) mass is 360 g/mol. The van der Waals surface area contributed by atoms with Crippen LogP contribution in [0.2, 0.25) is 0 Å². The van der Waals surface area contributed by atoms with E-state index in [-0.39, 0.29) is 25.5 Å². The lowest BCUT2D eigenvalue weighted by Crippen LogP contribution is -2.29. The van der Waals surface area contributed by atoms with Crippen LogP contribution in [0.3, 0.4) is 0 Å². The van der Waals surface area contributed by atoms with Crippen LogP contribution in [0.4, 0.5) is 19.0 Å². The molecule has 9 nitrogen and oxygen atoms in total. The molecule has 136 valence electrons. The van der Waals surface area contributed by atoms with Crippen LogP contribution in [0.25, 0.3) is 0 Å². The minimum absolute atomic E-state index is 0.188. The van der Waals surface area contributed by atoms with Crippen LogP contribution >= 0.6 is 0 Å². The van der Waals surface area contributed by atoms with Gasteiger partial charge in [-0.2, -0.15) is 23.0 Å². The van der Waals surface area contributed by atoms with Crippen molar-refractivity contribution in [2.45, 2.75) is 32.6 Å². The third-order valence-corrected chi connectivity index (χ3v) is 3.26. The number of carbonyl (C=O) groups excluding carboxylic acids is 1. The number of halogens is 3. The Kier molecular flexibility index (Phi) is 5.39. The molecular weight excluding hydrogens is 345 g/mol. The zero-order valence-electron chi connectivity index (χ0n) is 13.2. The van der Waals surface area contributed by atoms with Gasteiger partial charge in [0.1, 0.15) is 6.54 Å². The first-order valence-electron chi connectivity index (χ1n) is 7.23. The fourth-order valence-corrected chi connectivity index (χ4v) is 2.07. The van der Waals surface area contributed by atoms with E-state index < -0.39 is 22.7 Å². The van der Waals surface area contributed by atoms with Gasteiger partial charge in [-0.3, -0.25) is 9.48 Å². The molecule has 0 aliphatic carbocycles. The highest BCUT2D eigenvalue weighted by Gasteiger charge is 2.34. The quantitative estimate of drug-likeness (QED) is 0.458. The minimum Gasteiger partial charge on any atom is -0.358 e. The fraction of sp³-hybridized carbons (Fsp3) is 0.462. The molecule has 2 aromatic heterocycles. The van der Waals surface area contributed by atoms with Gasteiger partial charge in [-0.1, -0.05) is 0 Å². The van der Waals surface area contributed by atoms with E-state index in [9.17, 15) is 28.1 Å². The molecular formula is C13H15F3N6O3. The van der Waals surface area contributed by atoms with Crippen molar-refractivity contribution in [1.82, 2.24) is 24.9 Å². The van der Waals surface area contributed by atoms with E-state index in [0.717, 1.165) is 10.7 Å². The van der Waals surface area contributed by atoms with Gasteiger partial charge in [0.25, 0.3) is 0 Å². The summed E-state index contributed by atoms with van der Waals surface area (Å²) in [6, 6.07) is 2.13. The van der Waals surface area contributed by atoms with Gasteiger partial charge in [0.2, 0.25) is 5.91 Å². The number of carbonyl (C=O) groups is 1. The number of aromatic nitrogens is 4. The fourth-order valence-electron chi connectivity index (χ4n) is 2.07. The van der Waals surface area contributed by atoms with Crippen LogP contribution in [0, 0.1) is 17.0 Å². The Balaban J connectivity index is 1.76. The van der Waals surface area contributed by atoms with E-state index in [2.05, 4.69) is 15.5 Å². The lowest BCUT2D eigenvalue weighted by molar-refractivity contribution is -0.389. The number of nitrogens with zero attached hydrogens (tertiary/aromatic N) is 5. The molecule has 0 saturated carbocycles.